The minimum atomic E-state index is -0.144. The van der Waals surface area contributed by atoms with Gasteiger partial charge in [-0.15, -0.1) is 0 Å². The number of rotatable bonds is 6. The summed E-state index contributed by atoms with van der Waals surface area (Å²) in [7, 11) is 1.73. The van der Waals surface area contributed by atoms with E-state index in [1.807, 2.05) is 18.2 Å². The van der Waals surface area contributed by atoms with Gasteiger partial charge in [-0.25, -0.2) is 0 Å². The van der Waals surface area contributed by atoms with Gasteiger partial charge in [-0.3, -0.25) is 11.3 Å². The summed E-state index contributed by atoms with van der Waals surface area (Å²) in [6, 6.07) is 8.06. The lowest BCUT2D eigenvalue weighted by Crippen LogP contribution is -2.31. The third-order valence-corrected chi connectivity index (χ3v) is 3.68. The van der Waals surface area contributed by atoms with Crippen molar-refractivity contribution in [1.82, 2.24) is 5.43 Å². The highest BCUT2D eigenvalue weighted by Crippen LogP contribution is 2.30. The predicted molar refractivity (Wildman–Crippen MR) is 76.6 cm³/mol. The molecular weight excluding hydrogens is 240 g/mol. The molecule has 104 valence electrons. The second kappa shape index (κ2) is 5.74. The number of hydrazine groups is 1. The molecule has 1 aromatic carbocycles. The standard InChI is InChI=1S/C15H22N2O2/c1-15(2,18-3)9-8-13(17-16)12-10-19-14-7-5-4-6-11(12)14/h4-7,10,13,17H,8-9,16H2,1-3H3. The molecule has 4 nitrogen and oxygen atoms in total. The number of ether oxygens (including phenoxy) is 1. The summed E-state index contributed by atoms with van der Waals surface area (Å²) in [5.41, 5.74) is 4.73. The summed E-state index contributed by atoms with van der Waals surface area (Å²) in [5, 5.41) is 1.11. The number of hydrogen-bond donors (Lipinski definition) is 2. The highest BCUT2D eigenvalue weighted by molar-refractivity contribution is 5.81. The van der Waals surface area contributed by atoms with E-state index in [-0.39, 0.29) is 11.6 Å². The molecule has 4 heteroatoms. The van der Waals surface area contributed by atoms with Crippen LogP contribution in [0.1, 0.15) is 38.3 Å². The minimum Gasteiger partial charge on any atom is -0.464 e. The van der Waals surface area contributed by atoms with Crippen molar-refractivity contribution in [2.45, 2.75) is 38.3 Å². The zero-order valence-electron chi connectivity index (χ0n) is 11.8. The molecule has 19 heavy (non-hydrogen) atoms. The van der Waals surface area contributed by atoms with Crippen LogP contribution in [-0.2, 0) is 4.74 Å². The predicted octanol–water partition coefficient (Wildman–Crippen LogP) is 3.14. The molecule has 0 aliphatic heterocycles. The van der Waals surface area contributed by atoms with Gasteiger partial charge < -0.3 is 9.15 Å². The molecule has 2 aromatic rings. The summed E-state index contributed by atoms with van der Waals surface area (Å²) in [6.07, 6.45) is 3.59. The van der Waals surface area contributed by atoms with Crippen molar-refractivity contribution < 1.29 is 9.15 Å². The zero-order chi connectivity index (χ0) is 13.9. The molecule has 1 unspecified atom stereocenters. The van der Waals surface area contributed by atoms with Gasteiger partial charge in [0, 0.05) is 24.1 Å². The Kier molecular flexibility index (Phi) is 4.24. The first kappa shape index (κ1) is 14.1. The Balaban J connectivity index is 2.18. The van der Waals surface area contributed by atoms with E-state index in [1.54, 1.807) is 13.4 Å². The first-order valence-electron chi connectivity index (χ1n) is 6.55. The largest absolute Gasteiger partial charge is 0.464 e. The molecular formula is C15H22N2O2. The average molecular weight is 262 g/mol. The minimum absolute atomic E-state index is 0.0677. The maximum absolute atomic E-state index is 5.69. The Bertz CT molecular complexity index is 534. The molecule has 1 aromatic heterocycles. The van der Waals surface area contributed by atoms with Crippen molar-refractivity contribution in [3.8, 4) is 0 Å². The number of hydrogen-bond acceptors (Lipinski definition) is 4. The summed E-state index contributed by atoms with van der Waals surface area (Å²) >= 11 is 0. The van der Waals surface area contributed by atoms with Crippen molar-refractivity contribution in [2.75, 3.05) is 7.11 Å². The molecule has 0 fully saturated rings. The van der Waals surface area contributed by atoms with Crippen LogP contribution in [0.4, 0.5) is 0 Å². The van der Waals surface area contributed by atoms with Crippen LogP contribution in [0, 0.1) is 0 Å². The lowest BCUT2D eigenvalue weighted by atomic mass is 9.95. The second-order valence-electron chi connectivity index (χ2n) is 5.41. The molecule has 0 spiro atoms. The van der Waals surface area contributed by atoms with Crippen LogP contribution in [-0.4, -0.2) is 12.7 Å². The first-order valence-corrected chi connectivity index (χ1v) is 6.55. The molecule has 0 aliphatic rings. The first-order chi connectivity index (χ1) is 9.07. The quantitative estimate of drug-likeness (QED) is 0.620. The van der Waals surface area contributed by atoms with E-state index in [4.69, 9.17) is 15.0 Å². The van der Waals surface area contributed by atoms with Crippen LogP contribution in [0.25, 0.3) is 11.0 Å². The Morgan fingerprint density at radius 3 is 2.79 bits per heavy atom. The zero-order valence-corrected chi connectivity index (χ0v) is 11.8. The molecule has 0 bridgehead atoms. The van der Waals surface area contributed by atoms with Crippen molar-refractivity contribution in [1.29, 1.82) is 0 Å². The van der Waals surface area contributed by atoms with Gasteiger partial charge in [-0.05, 0) is 32.8 Å². The highest BCUT2D eigenvalue weighted by atomic mass is 16.5. The van der Waals surface area contributed by atoms with Crippen LogP contribution < -0.4 is 11.3 Å². The Morgan fingerprint density at radius 2 is 2.11 bits per heavy atom. The molecule has 2 rings (SSSR count). The summed E-state index contributed by atoms with van der Waals surface area (Å²) in [5.74, 6) is 5.69. The monoisotopic (exact) mass is 262 g/mol. The van der Waals surface area contributed by atoms with Crippen LogP contribution >= 0.6 is 0 Å². The third kappa shape index (κ3) is 3.15. The molecule has 0 saturated heterocycles. The van der Waals surface area contributed by atoms with E-state index < -0.39 is 0 Å². The molecule has 0 aliphatic carbocycles. The van der Waals surface area contributed by atoms with E-state index in [1.165, 1.54) is 0 Å². The smallest absolute Gasteiger partial charge is 0.134 e. The summed E-state index contributed by atoms with van der Waals surface area (Å²) in [4.78, 5) is 0. The Labute approximate surface area is 113 Å². The highest BCUT2D eigenvalue weighted by Gasteiger charge is 2.21. The number of para-hydroxylation sites is 1. The lowest BCUT2D eigenvalue weighted by Gasteiger charge is -2.25. The fourth-order valence-electron chi connectivity index (χ4n) is 2.19. The van der Waals surface area contributed by atoms with Gasteiger partial charge in [-0.1, -0.05) is 18.2 Å². The van der Waals surface area contributed by atoms with Gasteiger partial charge in [0.25, 0.3) is 0 Å². The van der Waals surface area contributed by atoms with E-state index >= 15 is 0 Å². The third-order valence-electron chi connectivity index (χ3n) is 3.68. The Morgan fingerprint density at radius 1 is 1.37 bits per heavy atom. The van der Waals surface area contributed by atoms with E-state index in [0.29, 0.717) is 0 Å². The van der Waals surface area contributed by atoms with E-state index in [9.17, 15) is 0 Å². The average Bonchev–Trinajstić information content (AvgIpc) is 2.84. The van der Waals surface area contributed by atoms with Crippen LogP contribution in [0.15, 0.2) is 34.9 Å². The summed E-state index contributed by atoms with van der Waals surface area (Å²) in [6.45, 7) is 4.15. The van der Waals surface area contributed by atoms with Gasteiger partial charge in [0.05, 0.1) is 11.9 Å². The lowest BCUT2D eigenvalue weighted by molar-refractivity contribution is 0.0117. The van der Waals surface area contributed by atoms with Gasteiger partial charge >= 0.3 is 0 Å². The Hall–Kier alpha value is -1.36. The number of furan rings is 1. The molecule has 0 amide bonds. The normalized spacial score (nSPS) is 13.9. The molecule has 3 N–H and O–H groups in total. The number of nitrogens with one attached hydrogen (secondary N) is 1. The number of benzene rings is 1. The van der Waals surface area contributed by atoms with Gasteiger partial charge in [0.2, 0.25) is 0 Å². The SMILES string of the molecule is COC(C)(C)CCC(NN)c1coc2ccccc12. The second-order valence-corrected chi connectivity index (χ2v) is 5.41. The summed E-state index contributed by atoms with van der Waals surface area (Å²) < 4.78 is 11.0. The van der Waals surface area contributed by atoms with Crippen molar-refractivity contribution in [3.63, 3.8) is 0 Å². The fraction of sp³-hybridized carbons (Fsp3) is 0.467. The van der Waals surface area contributed by atoms with Gasteiger partial charge in [0.15, 0.2) is 0 Å². The molecule has 1 heterocycles. The van der Waals surface area contributed by atoms with Gasteiger partial charge in [-0.2, -0.15) is 0 Å². The maximum atomic E-state index is 5.69. The molecule has 0 radical (unpaired) electrons. The van der Waals surface area contributed by atoms with Gasteiger partial charge in [0.1, 0.15) is 5.58 Å². The van der Waals surface area contributed by atoms with Crippen molar-refractivity contribution in [3.05, 3.63) is 36.1 Å². The maximum Gasteiger partial charge on any atom is 0.134 e. The van der Waals surface area contributed by atoms with Crippen LogP contribution in [0.5, 0.6) is 0 Å². The fourth-order valence-corrected chi connectivity index (χ4v) is 2.19. The number of methoxy groups -OCH3 is 1. The van der Waals surface area contributed by atoms with Crippen LogP contribution in [0.2, 0.25) is 0 Å². The molecule has 0 saturated carbocycles. The number of fused-ring (bicyclic) bond motifs is 1. The van der Waals surface area contributed by atoms with Crippen LogP contribution in [0.3, 0.4) is 0 Å². The number of nitrogens with two attached hydrogens (primary N) is 1. The van der Waals surface area contributed by atoms with E-state index in [2.05, 4.69) is 25.3 Å². The van der Waals surface area contributed by atoms with Crippen molar-refractivity contribution >= 4 is 11.0 Å². The van der Waals surface area contributed by atoms with E-state index in [0.717, 1.165) is 29.4 Å². The molecule has 1 atom stereocenters. The topological polar surface area (TPSA) is 60.4 Å². The van der Waals surface area contributed by atoms with Crippen molar-refractivity contribution in [2.24, 2.45) is 5.84 Å².